The highest BCUT2D eigenvalue weighted by atomic mass is 16.5. The van der Waals surface area contributed by atoms with E-state index in [-0.39, 0.29) is 25.2 Å². The first-order chi connectivity index (χ1) is 14.6. The number of amides is 1. The molecular weight excluding hydrogens is 374 g/mol. The highest BCUT2D eigenvalue weighted by Crippen LogP contribution is 2.44. The molecule has 0 saturated carbocycles. The third-order valence-corrected chi connectivity index (χ3v) is 5.85. The number of ether oxygens (including phenoxy) is 1. The van der Waals surface area contributed by atoms with Gasteiger partial charge in [0.05, 0.1) is 6.04 Å². The van der Waals surface area contributed by atoms with Gasteiger partial charge in [0.25, 0.3) is 0 Å². The summed E-state index contributed by atoms with van der Waals surface area (Å²) in [5.74, 6) is 0.0283. The fraction of sp³-hybridized carbons (Fsp3) is 0.269. The maximum absolute atomic E-state index is 12.6. The molecular formula is C26H27NO3. The number of rotatable bonds is 6. The second kappa shape index (κ2) is 8.72. The Bertz CT molecular complexity index is 1010. The molecule has 1 amide bonds. The number of aryl methyl sites for hydroxylation is 2. The average molecular weight is 402 g/mol. The second-order valence-corrected chi connectivity index (χ2v) is 7.89. The lowest BCUT2D eigenvalue weighted by molar-refractivity contribution is 0.136. The molecule has 0 fully saturated rings. The number of carbonyl (C=O) groups excluding carboxylic acids is 1. The second-order valence-electron chi connectivity index (χ2n) is 7.89. The lowest BCUT2D eigenvalue weighted by Crippen LogP contribution is -2.31. The predicted molar refractivity (Wildman–Crippen MR) is 119 cm³/mol. The number of aliphatic hydroxyl groups excluding tert-OH is 1. The third kappa shape index (κ3) is 3.96. The molecule has 154 valence electrons. The maximum atomic E-state index is 12.6. The van der Waals surface area contributed by atoms with Crippen molar-refractivity contribution in [2.45, 2.75) is 32.2 Å². The van der Waals surface area contributed by atoms with Gasteiger partial charge in [0.2, 0.25) is 0 Å². The molecule has 4 heteroatoms. The Morgan fingerprint density at radius 1 is 1.00 bits per heavy atom. The molecule has 2 N–H and O–H groups in total. The predicted octanol–water partition coefficient (Wildman–Crippen LogP) is 5.27. The van der Waals surface area contributed by atoms with E-state index in [1.807, 2.05) is 50.2 Å². The number of alkyl carbamates (subject to hydrolysis) is 1. The summed E-state index contributed by atoms with van der Waals surface area (Å²) in [6, 6.07) is 22.4. The van der Waals surface area contributed by atoms with Gasteiger partial charge >= 0.3 is 6.09 Å². The van der Waals surface area contributed by atoms with Crippen LogP contribution in [0.2, 0.25) is 0 Å². The molecule has 4 nitrogen and oxygen atoms in total. The standard InChI is InChI=1S/C26H27NO3/c1-17-11-12-19(18(2)15-17)25(13-14-28)27-26(29)30-16-24-22-9-5-3-7-20(22)21-8-4-6-10-23(21)24/h3-12,15,24-25,28H,13-14,16H2,1-2H3,(H,27,29)/t25-/m1/s1. The third-order valence-electron chi connectivity index (χ3n) is 5.85. The number of aliphatic hydroxyl groups is 1. The van der Waals surface area contributed by atoms with E-state index in [1.54, 1.807) is 0 Å². The van der Waals surface area contributed by atoms with Gasteiger partial charge < -0.3 is 15.2 Å². The molecule has 0 heterocycles. The summed E-state index contributed by atoms with van der Waals surface area (Å²) < 4.78 is 5.67. The first-order valence-corrected chi connectivity index (χ1v) is 10.4. The van der Waals surface area contributed by atoms with E-state index in [1.165, 1.54) is 27.8 Å². The van der Waals surface area contributed by atoms with Crippen molar-refractivity contribution < 1.29 is 14.6 Å². The molecule has 0 unspecified atom stereocenters. The summed E-state index contributed by atoms with van der Waals surface area (Å²) in [4.78, 5) is 12.6. The van der Waals surface area contributed by atoms with Gasteiger partial charge in [0.15, 0.2) is 0 Å². The number of carbonyl (C=O) groups is 1. The van der Waals surface area contributed by atoms with E-state index in [9.17, 15) is 9.90 Å². The first kappa shape index (κ1) is 20.2. The monoisotopic (exact) mass is 401 g/mol. The van der Waals surface area contributed by atoms with Crippen LogP contribution < -0.4 is 5.32 Å². The lowest BCUT2D eigenvalue weighted by Gasteiger charge is -2.21. The van der Waals surface area contributed by atoms with Crippen LogP contribution >= 0.6 is 0 Å². The van der Waals surface area contributed by atoms with Crippen molar-refractivity contribution in [1.29, 1.82) is 0 Å². The zero-order chi connectivity index (χ0) is 21.1. The number of fused-ring (bicyclic) bond motifs is 3. The lowest BCUT2D eigenvalue weighted by atomic mass is 9.97. The van der Waals surface area contributed by atoms with Crippen molar-refractivity contribution in [3.05, 3.63) is 94.5 Å². The molecule has 1 aliphatic carbocycles. The van der Waals surface area contributed by atoms with Crippen LogP contribution in [0.25, 0.3) is 11.1 Å². The van der Waals surface area contributed by atoms with Gasteiger partial charge in [-0.05, 0) is 53.6 Å². The van der Waals surface area contributed by atoms with Gasteiger partial charge in [-0.2, -0.15) is 0 Å². The van der Waals surface area contributed by atoms with Crippen molar-refractivity contribution in [1.82, 2.24) is 5.32 Å². The van der Waals surface area contributed by atoms with Crippen molar-refractivity contribution in [2.24, 2.45) is 0 Å². The van der Waals surface area contributed by atoms with Gasteiger partial charge in [-0.15, -0.1) is 0 Å². The molecule has 0 aliphatic heterocycles. The van der Waals surface area contributed by atoms with Crippen LogP contribution in [0.4, 0.5) is 4.79 Å². The Morgan fingerprint density at radius 3 is 2.23 bits per heavy atom. The SMILES string of the molecule is Cc1ccc([C@@H](CCO)NC(=O)OCC2c3ccccc3-c3ccccc32)c(C)c1. The Morgan fingerprint density at radius 2 is 1.63 bits per heavy atom. The Kier molecular flexibility index (Phi) is 5.86. The van der Waals surface area contributed by atoms with Crippen LogP contribution in [0.3, 0.4) is 0 Å². The quantitative estimate of drug-likeness (QED) is 0.592. The maximum Gasteiger partial charge on any atom is 0.407 e. The highest BCUT2D eigenvalue weighted by Gasteiger charge is 2.29. The Balaban J connectivity index is 1.48. The largest absolute Gasteiger partial charge is 0.449 e. The molecule has 0 spiro atoms. The van der Waals surface area contributed by atoms with E-state index in [0.717, 1.165) is 11.1 Å². The molecule has 30 heavy (non-hydrogen) atoms. The summed E-state index contributed by atoms with van der Waals surface area (Å²) >= 11 is 0. The van der Waals surface area contributed by atoms with Crippen LogP contribution in [-0.4, -0.2) is 24.4 Å². The van der Waals surface area contributed by atoms with Crippen molar-refractivity contribution in [3.8, 4) is 11.1 Å². The Hall–Kier alpha value is -3.11. The van der Waals surface area contributed by atoms with E-state index in [2.05, 4.69) is 35.6 Å². The van der Waals surface area contributed by atoms with Gasteiger partial charge in [0.1, 0.15) is 6.61 Å². The Labute approximate surface area is 177 Å². The smallest absolute Gasteiger partial charge is 0.407 e. The van der Waals surface area contributed by atoms with Crippen LogP contribution in [0.1, 0.15) is 46.2 Å². The van der Waals surface area contributed by atoms with Gasteiger partial charge in [-0.3, -0.25) is 0 Å². The first-order valence-electron chi connectivity index (χ1n) is 10.4. The van der Waals surface area contributed by atoms with Gasteiger partial charge in [-0.1, -0.05) is 72.3 Å². The van der Waals surface area contributed by atoms with E-state index < -0.39 is 6.09 Å². The van der Waals surface area contributed by atoms with Gasteiger partial charge in [-0.25, -0.2) is 4.79 Å². The zero-order valence-corrected chi connectivity index (χ0v) is 17.4. The summed E-state index contributed by atoms with van der Waals surface area (Å²) in [7, 11) is 0. The van der Waals surface area contributed by atoms with E-state index in [4.69, 9.17) is 4.74 Å². The molecule has 3 aromatic carbocycles. The molecule has 1 aliphatic rings. The van der Waals surface area contributed by atoms with Crippen molar-refractivity contribution >= 4 is 6.09 Å². The molecule has 3 aromatic rings. The van der Waals surface area contributed by atoms with Crippen LogP contribution in [0, 0.1) is 13.8 Å². The van der Waals surface area contributed by atoms with E-state index >= 15 is 0 Å². The number of hydrogen-bond acceptors (Lipinski definition) is 3. The van der Waals surface area contributed by atoms with E-state index in [0.29, 0.717) is 6.42 Å². The summed E-state index contributed by atoms with van der Waals surface area (Å²) in [5, 5.41) is 12.4. The fourth-order valence-corrected chi connectivity index (χ4v) is 4.43. The molecule has 0 saturated heterocycles. The molecule has 1 atom stereocenters. The van der Waals surface area contributed by atoms with Crippen molar-refractivity contribution in [3.63, 3.8) is 0 Å². The number of nitrogens with one attached hydrogen (secondary N) is 1. The summed E-state index contributed by atoms with van der Waals surface area (Å²) in [6.45, 7) is 4.32. The molecule has 0 radical (unpaired) electrons. The highest BCUT2D eigenvalue weighted by molar-refractivity contribution is 5.79. The molecule has 0 aromatic heterocycles. The average Bonchev–Trinajstić information content (AvgIpc) is 3.06. The number of hydrogen-bond donors (Lipinski definition) is 2. The van der Waals surface area contributed by atoms with Crippen LogP contribution in [-0.2, 0) is 4.74 Å². The minimum absolute atomic E-state index is 0.0123. The topological polar surface area (TPSA) is 58.6 Å². The minimum atomic E-state index is -0.463. The molecule has 4 rings (SSSR count). The summed E-state index contributed by atoms with van der Waals surface area (Å²) in [5.41, 5.74) is 8.04. The van der Waals surface area contributed by atoms with Crippen LogP contribution in [0.15, 0.2) is 66.7 Å². The fourth-order valence-electron chi connectivity index (χ4n) is 4.43. The zero-order valence-electron chi connectivity index (χ0n) is 17.4. The van der Waals surface area contributed by atoms with Gasteiger partial charge in [0, 0.05) is 12.5 Å². The minimum Gasteiger partial charge on any atom is -0.449 e. The molecule has 0 bridgehead atoms. The summed E-state index contributed by atoms with van der Waals surface area (Å²) in [6.07, 6.45) is -0.0241. The number of benzene rings is 3. The van der Waals surface area contributed by atoms with Crippen molar-refractivity contribution in [2.75, 3.05) is 13.2 Å². The normalized spacial score (nSPS) is 13.4. The van der Waals surface area contributed by atoms with Crippen LogP contribution in [0.5, 0.6) is 0 Å².